The van der Waals surface area contributed by atoms with Gasteiger partial charge in [-0.1, -0.05) is 60.3 Å². The Kier molecular flexibility index (Phi) is 6.22. The lowest BCUT2D eigenvalue weighted by molar-refractivity contribution is -0.117. The third kappa shape index (κ3) is 4.95. The van der Waals surface area contributed by atoms with Crippen molar-refractivity contribution in [3.8, 4) is 5.69 Å². The van der Waals surface area contributed by atoms with Crippen LogP contribution in [0.2, 0.25) is 0 Å². The van der Waals surface area contributed by atoms with Gasteiger partial charge in [-0.15, -0.1) is 10.2 Å². The quantitative estimate of drug-likeness (QED) is 0.640. The molecule has 2 N–H and O–H groups in total. The lowest BCUT2D eigenvalue weighted by Gasteiger charge is -2.10. The van der Waals surface area contributed by atoms with Crippen LogP contribution in [-0.4, -0.2) is 39.5 Å². The van der Waals surface area contributed by atoms with Gasteiger partial charge < -0.3 is 5.32 Å². The zero-order valence-electron chi connectivity index (χ0n) is 14.8. The third-order valence-corrected chi connectivity index (χ3v) is 4.66. The highest BCUT2D eigenvalue weighted by molar-refractivity contribution is 7.99. The van der Waals surface area contributed by atoms with Gasteiger partial charge in [0, 0.05) is 19.2 Å². The van der Waals surface area contributed by atoms with E-state index < -0.39 is 11.9 Å². The van der Waals surface area contributed by atoms with Crippen LogP contribution in [0.4, 0.5) is 4.79 Å². The minimum absolute atomic E-state index is 0.0592. The minimum atomic E-state index is -0.533. The number of nitrogens with zero attached hydrogens (tertiary/aromatic N) is 3. The maximum atomic E-state index is 11.9. The first-order chi connectivity index (χ1) is 13.2. The summed E-state index contributed by atoms with van der Waals surface area (Å²) in [6, 6.07) is 19.2. The van der Waals surface area contributed by atoms with Crippen molar-refractivity contribution in [1.29, 1.82) is 0 Å². The van der Waals surface area contributed by atoms with Crippen molar-refractivity contribution in [3.63, 3.8) is 0 Å². The third-order valence-electron chi connectivity index (χ3n) is 3.73. The summed E-state index contributed by atoms with van der Waals surface area (Å²) in [6.07, 6.45) is 0.619. The van der Waals surface area contributed by atoms with Crippen molar-refractivity contribution in [3.05, 3.63) is 72.1 Å². The number of benzene rings is 2. The van der Waals surface area contributed by atoms with Crippen LogP contribution in [0.3, 0.4) is 0 Å². The van der Waals surface area contributed by atoms with Gasteiger partial charge in [-0.3, -0.25) is 14.7 Å². The minimum Gasteiger partial charge on any atom is -0.341 e. The molecule has 3 rings (SSSR count). The molecule has 3 amide bonds. The summed E-state index contributed by atoms with van der Waals surface area (Å²) < 4.78 is 1.94. The largest absolute Gasteiger partial charge is 0.341 e. The molecule has 0 aliphatic carbocycles. The van der Waals surface area contributed by atoms with Crippen LogP contribution in [0.15, 0.2) is 65.8 Å². The van der Waals surface area contributed by atoms with E-state index in [1.165, 1.54) is 18.8 Å². The number of aromatic nitrogens is 3. The number of hydrogen-bond donors (Lipinski definition) is 2. The Balaban J connectivity index is 1.83. The smallest absolute Gasteiger partial charge is 0.321 e. The van der Waals surface area contributed by atoms with E-state index in [-0.39, 0.29) is 5.75 Å². The molecule has 0 saturated carbocycles. The number of thioether (sulfide) groups is 1. The molecule has 0 aliphatic heterocycles. The normalized spacial score (nSPS) is 10.4. The van der Waals surface area contributed by atoms with Crippen LogP contribution in [0, 0.1) is 0 Å². The number of rotatable bonds is 6. The van der Waals surface area contributed by atoms with E-state index in [1.54, 1.807) is 0 Å². The first-order valence-corrected chi connectivity index (χ1v) is 9.34. The average Bonchev–Trinajstić information content (AvgIpc) is 3.10. The van der Waals surface area contributed by atoms with E-state index >= 15 is 0 Å². The van der Waals surface area contributed by atoms with Crippen LogP contribution in [0.1, 0.15) is 11.4 Å². The number of amides is 3. The van der Waals surface area contributed by atoms with Crippen molar-refractivity contribution < 1.29 is 9.59 Å². The molecule has 2 aromatic carbocycles. The van der Waals surface area contributed by atoms with Gasteiger partial charge in [-0.25, -0.2) is 4.79 Å². The Morgan fingerprint density at radius 1 is 1.00 bits per heavy atom. The monoisotopic (exact) mass is 381 g/mol. The lowest BCUT2D eigenvalue weighted by Crippen LogP contribution is -2.38. The van der Waals surface area contributed by atoms with E-state index in [1.807, 2.05) is 65.2 Å². The summed E-state index contributed by atoms with van der Waals surface area (Å²) >= 11 is 1.23. The summed E-state index contributed by atoms with van der Waals surface area (Å²) in [5.41, 5.74) is 2.04. The summed E-state index contributed by atoms with van der Waals surface area (Å²) in [5.74, 6) is 0.442. The zero-order chi connectivity index (χ0) is 19.1. The summed E-state index contributed by atoms with van der Waals surface area (Å²) in [7, 11) is 1.46. The Morgan fingerprint density at radius 3 is 2.33 bits per heavy atom. The molecule has 0 unspecified atom stereocenters. The van der Waals surface area contributed by atoms with Gasteiger partial charge in [0.15, 0.2) is 5.16 Å². The lowest BCUT2D eigenvalue weighted by atomic mass is 10.1. The van der Waals surface area contributed by atoms with Gasteiger partial charge in [0.25, 0.3) is 0 Å². The van der Waals surface area contributed by atoms with Crippen LogP contribution in [0.5, 0.6) is 0 Å². The van der Waals surface area contributed by atoms with Gasteiger partial charge in [0.05, 0.1) is 5.75 Å². The molecule has 0 aliphatic rings. The molecule has 0 radical (unpaired) electrons. The second-order valence-electron chi connectivity index (χ2n) is 5.65. The average molecular weight is 381 g/mol. The molecule has 0 spiro atoms. The predicted octanol–water partition coefficient (Wildman–Crippen LogP) is 2.41. The first kappa shape index (κ1) is 18.7. The Morgan fingerprint density at radius 2 is 1.67 bits per heavy atom. The Labute approximate surface area is 161 Å². The van der Waals surface area contributed by atoms with E-state index in [9.17, 15) is 9.59 Å². The van der Waals surface area contributed by atoms with E-state index in [4.69, 9.17) is 0 Å². The summed E-state index contributed by atoms with van der Waals surface area (Å²) in [4.78, 5) is 23.1. The number of hydrogen-bond acceptors (Lipinski definition) is 5. The Bertz CT molecular complexity index is 912. The standard InChI is InChI=1S/C19H19N5O2S/c1-20-18(26)21-17(25)13-27-19-23-22-16(12-14-8-4-2-5-9-14)24(19)15-10-6-3-7-11-15/h2-11H,12-13H2,1H3,(H2,20,21,25,26). The first-order valence-electron chi connectivity index (χ1n) is 8.35. The van der Waals surface area contributed by atoms with Crippen molar-refractivity contribution in [2.75, 3.05) is 12.8 Å². The summed E-state index contributed by atoms with van der Waals surface area (Å²) in [5, 5.41) is 13.8. The number of urea groups is 1. The highest BCUT2D eigenvalue weighted by atomic mass is 32.2. The molecular formula is C19H19N5O2S. The van der Waals surface area contributed by atoms with Gasteiger partial charge in [0.2, 0.25) is 5.91 Å². The van der Waals surface area contributed by atoms with Crippen LogP contribution in [-0.2, 0) is 11.2 Å². The SMILES string of the molecule is CNC(=O)NC(=O)CSc1nnc(Cc2ccccc2)n1-c1ccccc1. The second kappa shape index (κ2) is 9.00. The maximum absolute atomic E-state index is 11.9. The van der Waals surface area contributed by atoms with Crippen molar-refractivity contribution >= 4 is 23.7 Å². The highest BCUT2D eigenvalue weighted by Crippen LogP contribution is 2.23. The topological polar surface area (TPSA) is 88.9 Å². The fourth-order valence-corrected chi connectivity index (χ4v) is 3.25. The number of para-hydroxylation sites is 1. The fourth-order valence-electron chi connectivity index (χ4n) is 2.48. The number of carbonyl (C=O) groups excluding carboxylic acids is 2. The zero-order valence-corrected chi connectivity index (χ0v) is 15.6. The molecule has 0 fully saturated rings. The molecule has 8 heteroatoms. The molecular weight excluding hydrogens is 362 g/mol. The number of nitrogens with one attached hydrogen (secondary N) is 2. The highest BCUT2D eigenvalue weighted by Gasteiger charge is 2.16. The predicted molar refractivity (Wildman–Crippen MR) is 104 cm³/mol. The van der Waals surface area contributed by atoms with Gasteiger partial charge in [0.1, 0.15) is 5.82 Å². The molecule has 0 atom stereocenters. The van der Waals surface area contributed by atoms with E-state index in [0.717, 1.165) is 17.1 Å². The van der Waals surface area contributed by atoms with Crippen molar-refractivity contribution in [1.82, 2.24) is 25.4 Å². The van der Waals surface area contributed by atoms with E-state index in [0.29, 0.717) is 11.6 Å². The number of carbonyl (C=O) groups is 2. The van der Waals surface area contributed by atoms with Crippen LogP contribution < -0.4 is 10.6 Å². The number of imide groups is 1. The van der Waals surface area contributed by atoms with Crippen LogP contribution >= 0.6 is 11.8 Å². The molecule has 1 heterocycles. The van der Waals surface area contributed by atoms with Crippen molar-refractivity contribution in [2.24, 2.45) is 0 Å². The second-order valence-corrected chi connectivity index (χ2v) is 6.59. The van der Waals surface area contributed by atoms with Gasteiger partial charge >= 0.3 is 6.03 Å². The van der Waals surface area contributed by atoms with Gasteiger partial charge in [-0.2, -0.15) is 0 Å². The van der Waals surface area contributed by atoms with Gasteiger partial charge in [-0.05, 0) is 17.7 Å². The van der Waals surface area contributed by atoms with Crippen LogP contribution in [0.25, 0.3) is 5.69 Å². The Hall–Kier alpha value is -3.13. The molecule has 7 nitrogen and oxygen atoms in total. The van der Waals surface area contributed by atoms with E-state index in [2.05, 4.69) is 20.8 Å². The fraction of sp³-hybridized carbons (Fsp3) is 0.158. The molecule has 0 bridgehead atoms. The maximum Gasteiger partial charge on any atom is 0.321 e. The molecule has 3 aromatic rings. The summed E-state index contributed by atoms with van der Waals surface area (Å²) in [6.45, 7) is 0. The van der Waals surface area contributed by atoms with Crippen molar-refractivity contribution in [2.45, 2.75) is 11.6 Å². The molecule has 0 saturated heterocycles. The molecule has 1 aromatic heterocycles. The molecule has 138 valence electrons. The molecule has 27 heavy (non-hydrogen) atoms.